The van der Waals surface area contributed by atoms with Crippen LogP contribution in [-0.4, -0.2) is 57.9 Å². The highest BCUT2D eigenvalue weighted by Gasteiger charge is 2.50. The zero-order chi connectivity index (χ0) is 15.1. The molecule has 0 spiro atoms. The van der Waals surface area contributed by atoms with Crippen molar-refractivity contribution in [1.29, 1.82) is 0 Å². The van der Waals surface area contributed by atoms with Crippen molar-refractivity contribution in [1.82, 2.24) is 9.80 Å². The first-order valence-corrected chi connectivity index (χ1v) is 7.12. The van der Waals surface area contributed by atoms with Gasteiger partial charge >= 0.3 is 5.97 Å². The molecule has 0 radical (unpaired) electrons. The number of carboxylic acid groups (broad SMARTS) is 1. The van der Waals surface area contributed by atoms with E-state index in [-0.39, 0.29) is 18.2 Å². The molecule has 0 saturated carbocycles. The number of carbonyl (C=O) groups is 3. The van der Waals surface area contributed by atoms with Gasteiger partial charge in [-0.05, 0) is 31.7 Å². The molecule has 2 rings (SSSR count). The van der Waals surface area contributed by atoms with Gasteiger partial charge in [0.1, 0.15) is 6.04 Å². The van der Waals surface area contributed by atoms with Gasteiger partial charge in [-0.25, -0.2) is 0 Å². The molecule has 20 heavy (non-hydrogen) atoms. The second kappa shape index (κ2) is 5.16. The summed E-state index contributed by atoms with van der Waals surface area (Å²) in [7, 11) is 0. The van der Waals surface area contributed by atoms with Crippen LogP contribution >= 0.6 is 0 Å². The number of hydrogen-bond donors (Lipinski definition) is 1. The fourth-order valence-corrected chi connectivity index (χ4v) is 3.50. The zero-order valence-electron chi connectivity index (χ0n) is 12.3. The number of imide groups is 1. The van der Waals surface area contributed by atoms with E-state index in [2.05, 4.69) is 0 Å². The minimum atomic E-state index is -0.912. The largest absolute Gasteiger partial charge is 0.480 e. The number of amides is 2. The Kier molecular flexibility index (Phi) is 3.86. The number of rotatable bonds is 3. The number of aliphatic carboxylic acids is 1. The maximum Gasteiger partial charge on any atom is 0.321 e. The summed E-state index contributed by atoms with van der Waals surface area (Å²) in [5.74, 6) is -1.36. The summed E-state index contributed by atoms with van der Waals surface area (Å²) >= 11 is 0. The summed E-state index contributed by atoms with van der Waals surface area (Å²) in [6.07, 6.45) is 1.76. The average Bonchev–Trinajstić information content (AvgIpc) is 2.62. The van der Waals surface area contributed by atoms with Crippen LogP contribution in [0.2, 0.25) is 0 Å². The molecular weight excluding hydrogens is 260 g/mol. The lowest BCUT2D eigenvalue weighted by atomic mass is 9.75. The van der Waals surface area contributed by atoms with E-state index in [4.69, 9.17) is 0 Å². The summed E-state index contributed by atoms with van der Waals surface area (Å²) in [6, 6.07) is -1.32. The Morgan fingerprint density at radius 1 is 1.40 bits per heavy atom. The molecular formula is C14H22N2O4. The number of carboxylic acids is 1. The molecule has 2 amide bonds. The molecule has 2 aliphatic heterocycles. The number of carbonyl (C=O) groups excluding carboxylic acids is 2. The number of nitrogens with zero attached hydrogens (tertiary/aromatic N) is 2. The highest BCUT2D eigenvalue weighted by Crippen LogP contribution is 2.38. The number of piperidine rings is 1. The van der Waals surface area contributed by atoms with Crippen LogP contribution in [0.25, 0.3) is 0 Å². The first kappa shape index (κ1) is 15.0. The van der Waals surface area contributed by atoms with E-state index in [9.17, 15) is 19.5 Å². The van der Waals surface area contributed by atoms with Gasteiger partial charge in [0.15, 0.2) is 0 Å². The Balaban J connectivity index is 2.29. The Bertz CT molecular complexity index is 446. The van der Waals surface area contributed by atoms with Crippen LogP contribution in [0.1, 0.15) is 40.0 Å². The highest BCUT2D eigenvalue weighted by molar-refractivity contribution is 6.05. The lowest BCUT2D eigenvalue weighted by Crippen LogP contribution is -2.59. The lowest BCUT2D eigenvalue weighted by molar-refractivity contribution is -0.154. The molecule has 0 aromatic heterocycles. The molecule has 0 aromatic carbocycles. The van der Waals surface area contributed by atoms with Gasteiger partial charge < -0.3 is 5.11 Å². The van der Waals surface area contributed by atoms with Crippen molar-refractivity contribution in [3.8, 4) is 0 Å². The topological polar surface area (TPSA) is 77.9 Å². The zero-order valence-corrected chi connectivity index (χ0v) is 12.3. The van der Waals surface area contributed by atoms with Gasteiger partial charge in [-0.1, -0.05) is 13.8 Å². The molecule has 0 aliphatic carbocycles. The fourth-order valence-electron chi connectivity index (χ4n) is 3.50. The molecule has 112 valence electrons. The average molecular weight is 282 g/mol. The van der Waals surface area contributed by atoms with Crippen molar-refractivity contribution in [3.05, 3.63) is 0 Å². The molecule has 6 nitrogen and oxygen atoms in total. The third-order valence-electron chi connectivity index (χ3n) is 4.48. The lowest BCUT2D eigenvalue weighted by Gasteiger charge is -2.45. The quantitative estimate of drug-likeness (QED) is 0.771. The Hall–Kier alpha value is -1.43. The SMILES string of the molecule is CCN1C(=O)CC(N2CCCC(C)(C)C2C(=O)O)C1=O. The summed E-state index contributed by atoms with van der Waals surface area (Å²) in [6.45, 7) is 6.49. The van der Waals surface area contributed by atoms with Gasteiger partial charge in [-0.2, -0.15) is 0 Å². The van der Waals surface area contributed by atoms with Gasteiger partial charge in [-0.15, -0.1) is 0 Å². The summed E-state index contributed by atoms with van der Waals surface area (Å²) in [4.78, 5) is 38.7. The van der Waals surface area contributed by atoms with Crippen LogP contribution in [0.3, 0.4) is 0 Å². The van der Waals surface area contributed by atoms with E-state index in [1.54, 1.807) is 11.8 Å². The number of hydrogen-bond acceptors (Lipinski definition) is 4. The van der Waals surface area contributed by atoms with Gasteiger partial charge in [0.05, 0.1) is 12.5 Å². The molecule has 0 bridgehead atoms. The van der Waals surface area contributed by atoms with Crippen LogP contribution in [0.4, 0.5) is 0 Å². The van der Waals surface area contributed by atoms with Crippen molar-refractivity contribution < 1.29 is 19.5 Å². The first-order valence-electron chi connectivity index (χ1n) is 7.12. The van der Waals surface area contributed by atoms with Crippen molar-refractivity contribution in [2.75, 3.05) is 13.1 Å². The Labute approximate surface area is 118 Å². The van der Waals surface area contributed by atoms with Crippen LogP contribution in [0.15, 0.2) is 0 Å². The minimum Gasteiger partial charge on any atom is -0.480 e. The monoisotopic (exact) mass is 282 g/mol. The van der Waals surface area contributed by atoms with E-state index in [0.717, 1.165) is 12.8 Å². The normalized spacial score (nSPS) is 30.9. The molecule has 6 heteroatoms. The Morgan fingerprint density at radius 2 is 2.05 bits per heavy atom. The van der Waals surface area contributed by atoms with Crippen LogP contribution in [0, 0.1) is 5.41 Å². The maximum absolute atomic E-state index is 12.3. The minimum absolute atomic E-state index is 0.104. The van der Waals surface area contributed by atoms with E-state index >= 15 is 0 Å². The number of likely N-dealkylation sites (N-methyl/N-ethyl adjacent to an activating group) is 1. The highest BCUT2D eigenvalue weighted by atomic mass is 16.4. The molecule has 1 N–H and O–H groups in total. The van der Waals surface area contributed by atoms with Crippen LogP contribution in [0.5, 0.6) is 0 Å². The summed E-state index contributed by atoms with van der Waals surface area (Å²) in [5, 5.41) is 9.53. The van der Waals surface area contributed by atoms with Gasteiger partial charge in [0, 0.05) is 6.54 Å². The second-order valence-electron chi connectivity index (χ2n) is 6.27. The van der Waals surface area contributed by atoms with Crippen molar-refractivity contribution in [2.24, 2.45) is 5.41 Å². The third-order valence-corrected chi connectivity index (χ3v) is 4.48. The predicted molar refractivity (Wildman–Crippen MR) is 71.9 cm³/mol. The van der Waals surface area contributed by atoms with E-state index in [1.165, 1.54) is 4.90 Å². The van der Waals surface area contributed by atoms with Gasteiger partial charge in [0.2, 0.25) is 11.8 Å². The van der Waals surface area contributed by atoms with E-state index in [1.807, 2.05) is 13.8 Å². The van der Waals surface area contributed by atoms with Gasteiger partial charge in [-0.3, -0.25) is 24.2 Å². The van der Waals surface area contributed by atoms with Crippen molar-refractivity contribution in [2.45, 2.75) is 52.1 Å². The van der Waals surface area contributed by atoms with E-state index < -0.39 is 23.5 Å². The summed E-state index contributed by atoms with van der Waals surface area (Å²) < 4.78 is 0. The summed E-state index contributed by atoms with van der Waals surface area (Å²) in [5.41, 5.74) is -0.396. The van der Waals surface area contributed by atoms with E-state index in [0.29, 0.717) is 13.1 Å². The molecule has 0 aromatic rings. The first-order chi connectivity index (χ1) is 9.29. The fraction of sp³-hybridized carbons (Fsp3) is 0.786. The molecule has 2 aliphatic rings. The smallest absolute Gasteiger partial charge is 0.321 e. The van der Waals surface area contributed by atoms with Crippen molar-refractivity contribution >= 4 is 17.8 Å². The second-order valence-corrected chi connectivity index (χ2v) is 6.27. The standard InChI is InChI=1S/C14H22N2O4/c1-4-15-10(17)8-9(12(15)18)16-7-5-6-14(2,3)11(16)13(19)20/h9,11H,4-8H2,1-3H3,(H,19,20). The molecule has 2 fully saturated rings. The third kappa shape index (κ3) is 2.32. The Morgan fingerprint density at radius 3 is 2.55 bits per heavy atom. The van der Waals surface area contributed by atoms with Crippen LogP contribution < -0.4 is 0 Å². The molecule has 2 unspecified atom stereocenters. The number of likely N-dealkylation sites (tertiary alicyclic amines) is 2. The molecule has 2 atom stereocenters. The van der Waals surface area contributed by atoms with Gasteiger partial charge in [0.25, 0.3) is 0 Å². The molecule has 2 saturated heterocycles. The maximum atomic E-state index is 12.3. The molecule has 2 heterocycles. The van der Waals surface area contributed by atoms with Crippen molar-refractivity contribution in [3.63, 3.8) is 0 Å². The van der Waals surface area contributed by atoms with Crippen LogP contribution in [-0.2, 0) is 14.4 Å². The predicted octanol–water partition coefficient (Wildman–Crippen LogP) is 0.709.